The molecule has 1 aromatic rings. The first-order valence-corrected chi connectivity index (χ1v) is 7.62. The maximum atomic E-state index is 9.67. The van der Waals surface area contributed by atoms with Crippen molar-refractivity contribution >= 4 is 11.8 Å². The van der Waals surface area contributed by atoms with Crippen LogP contribution in [0.25, 0.3) is 0 Å². The molecule has 3 atom stereocenters. The summed E-state index contributed by atoms with van der Waals surface area (Å²) in [5, 5.41) is 19.0. The Hall–Kier alpha value is -0.510. The Morgan fingerprint density at radius 3 is 2.22 bits per heavy atom. The smallest absolute Gasteiger partial charge is 0.0802 e. The van der Waals surface area contributed by atoms with Crippen molar-refractivity contribution in [3.05, 3.63) is 29.8 Å². The summed E-state index contributed by atoms with van der Waals surface area (Å²) in [5.41, 5.74) is 1.22. The van der Waals surface area contributed by atoms with Crippen LogP contribution in [-0.2, 0) is 0 Å². The summed E-state index contributed by atoms with van der Waals surface area (Å²) in [6.45, 7) is 5.89. The molecule has 0 aliphatic heterocycles. The quantitative estimate of drug-likeness (QED) is 0.744. The van der Waals surface area contributed by atoms with Crippen molar-refractivity contribution in [1.82, 2.24) is 0 Å². The second-order valence-electron chi connectivity index (χ2n) is 4.86. The molecule has 3 unspecified atom stereocenters. The summed E-state index contributed by atoms with van der Waals surface area (Å²) in [5.74, 6) is 1.41. The number of aliphatic hydroxyl groups excluding tert-OH is 2. The van der Waals surface area contributed by atoms with Crippen molar-refractivity contribution in [2.24, 2.45) is 0 Å². The van der Waals surface area contributed by atoms with Crippen LogP contribution in [0.5, 0.6) is 0 Å². The van der Waals surface area contributed by atoms with E-state index in [0.29, 0.717) is 6.42 Å². The number of thioether (sulfide) groups is 1. The van der Waals surface area contributed by atoms with E-state index in [1.54, 1.807) is 6.92 Å². The molecular formula is C15H24O2S. The third-order valence-corrected chi connectivity index (χ3v) is 4.29. The standard InChI is InChI=1S/C15H24O2S/c1-4-9-18-14-7-5-13(6-8-14)11(2)10-15(17)12(3)16/h5-8,11-12,15-17H,4,9-10H2,1-3H3. The minimum atomic E-state index is -0.660. The highest BCUT2D eigenvalue weighted by Crippen LogP contribution is 2.25. The summed E-state index contributed by atoms with van der Waals surface area (Å²) in [6, 6.07) is 8.52. The molecule has 0 saturated heterocycles. The lowest BCUT2D eigenvalue weighted by Crippen LogP contribution is -2.24. The van der Waals surface area contributed by atoms with Gasteiger partial charge in [0.1, 0.15) is 0 Å². The normalized spacial score (nSPS) is 16.3. The molecule has 2 N–H and O–H groups in total. The molecule has 0 radical (unpaired) electrons. The molecule has 0 spiro atoms. The van der Waals surface area contributed by atoms with Gasteiger partial charge < -0.3 is 10.2 Å². The second kappa shape index (κ2) is 7.82. The number of rotatable bonds is 7. The maximum absolute atomic E-state index is 9.67. The number of hydrogen-bond acceptors (Lipinski definition) is 3. The highest BCUT2D eigenvalue weighted by molar-refractivity contribution is 7.99. The maximum Gasteiger partial charge on any atom is 0.0802 e. The van der Waals surface area contributed by atoms with Crippen molar-refractivity contribution < 1.29 is 10.2 Å². The van der Waals surface area contributed by atoms with E-state index in [9.17, 15) is 10.2 Å². The van der Waals surface area contributed by atoms with Crippen molar-refractivity contribution in [2.45, 2.75) is 56.6 Å². The Bertz CT molecular complexity index is 335. The third-order valence-electron chi connectivity index (χ3n) is 3.07. The summed E-state index contributed by atoms with van der Waals surface area (Å²) in [4.78, 5) is 1.30. The SMILES string of the molecule is CCCSc1ccc(C(C)CC(O)C(C)O)cc1. The summed E-state index contributed by atoms with van der Waals surface area (Å²) in [6.07, 6.45) is 0.476. The molecule has 1 aromatic carbocycles. The average molecular weight is 268 g/mol. The largest absolute Gasteiger partial charge is 0.391 e. The van der Waals surface area contributed by atoms with Crippen LogP contribution < -0.4 is 0 Å². The fourth-order valence-corrected chi connectivity index (χ4v) is 2.58. The predicted octanol–water partition coefficient (Wildman–Crippen LogP) is 3.42. The van der Waals surface area contributed by atoms with Crippen LogP contribution >= 0.6 is 11.8 Å². The minimum Gasteiger partial charge on any atom is -0.391 e. The molecule has 102 valence electrons. The van der Waals surface area contributed by atoms with Gasteiger partial charge in [-0.05, 0) is 49.1 Å². The summed E-state index contributed by atoms with van der Waals surface area (Å²) >= 11 is 1.87. The topological polar surface area (TPSA) is 40.5 Å². The molecule has 18 heavy (non-hydrogen) atoms. The fourth-order valence-electron chi connectivity index (χ4n) is 1.81. The number of benzene rings is 1. The lowest BCUT2D eigenvalue weighted by atomic mass is 9.93. The van der Waals surface area contributed by atoms with Crippen LogP contribution in [0.2, 0.25) is 0 Å². The van der Waals surface area contributed by atoms with Gasteiger partial charge in [-0.3, -0.25) is 0 Å². The van der Waals surface area contributed by atoms with E-state index in [-0.39, 0.29) is 5.92 Å². The molecule has 0 fully saturated rings. The lowest BCUT2D eigenvalue weighted by Gasteiger charge is -2.19. The zero-order valence-corrected chi connectivity index (χ0v) is 12.3. The molecule has 3 heteroatoms. The van der Waals surface area contributed by atoms with Crippen LogP contribution in [0.3, 0.4) is 0 Å². The van der Waals surface area contributed by atoms with Gasteiger partial charge >= 0.3 is 0 Å². The molecular weight excluding hydrogens is 244 g/mol. The Morgan fingerprint density at radius 1 is 1.11 bits per heavy atom. The van der Waals surface area contributed by atoms with Gasteiger partial charge in [0.15, 0.2) is 0 Å². The minimum absolute atomic E-state index is 0.264. The predicted molar refractivity (Wildman–Crippen MR) is 78.2 cm³/mol. The van der Waals surface area contributed by atoms with Gasteiger partial charge in [-0.15, -0.1) is 11.8 Å². The molecule has 0 bridgehead atoms. The van der Waals surface area contributed by atoms with Crippen LogP contribution in [-0.4, -0.2) is 28.2 Å². The van der Waals surface area contributed by atoms with E-state index in [2.05, 4.69) is 38.1 Å². The molecule has 0 aliphatic carbocycles. The van der Waals surface area contributed by atoms with E-state index < -0.39 is 12.2 Å². The second-order valence-corrected chi connectivity index (χ2v) is 6.03. The zero-order chi connectivity index (χ0) is 13.5. The van der Waals surface area contributed by atoms with E-state index >= 15 is 0 Å². The molecule has 0 amide bonds. The molecule has 0 aromatic heterocycles. The highest BCUT2D eigenvalue weighted by Gasteiger charge is 2.16. The number of aliphatic hydroxyl groups is 2. The number of hydrogen-bond donors (Lipinski definition) is 2. The fraction of sp³-hybridized carbons (Fsp3) is 0.600. The van der Waals surface area contributed by atoms with E-state index in [1.807, 2.05) is 11.8 Å². The van der Waals surface area contributed by atoms with E-state index in [1.165, 1.54) is 16.9 Å². The van der Waals surface area contributed by atoms with Crippen molar-refractivity contribution in [3.63, 3.8) is 0 Å². The first-order chi connectivity index (χ1) is 8.54. The Morgan fingerprint density at radius 2 is 1.72 bits per heavy atom. The van der Waals surface area contributed by atoms with Gasteiger partial charge in [0.05, 0.1) is 12.2 Å². The summed E-state index contributed by atoms with van der Waals surface area (Å²) in [7, 11) is 0. The van der Waals surface area contributed by atoms with E-state index in [0.717, 1.165) is 5.75 Å². The lowest BCUT2D eigenvalue weighted by molar-refractivity contribution is 0.0227. The molecule has 0 aliphatic rings. The molecule has 2 nitrogen and oxygen atoms in total. The van der Waals surface area contributed by atoms with Crippen LogP contribution in [0.1, 0.15) is 45.1 Å². The van der Waals surface area contributed by atoms with Crippen molar-refractivity contribution in [3.8, 4) is 0 Å². The molecule has 1 rings (SSSR count). The third kappa shape index (κ3) is 5.01. The van der Waals surface area contributed by atoms with Gasteiger partial charge in [0.2, 0.25) is 0 Å². The van der Waals surface area contributed by atoms with Gasteiger partial charge in [-0.2, -0.15) is 0 Å². The average Bonchev–Trinajstić information content (AvgIpc) is 2.36. The first-order valence-electron chi connectivity index (χ1n) is 6.63. The molecule has 0 heterocycles. The van der Waals surface area contributed by atoms with Gasteiger partial charge in [0, 0.05) is 4.90 Å². The first kappa shape index (κ1) is 15.5. The zero-order valence-electron chi connectivity index (χ0n) is 11.5. The Balaban J connectivity index is 2.55. The highest BCUT2D eigenvalue weighted by atomic mass is 32.2. The van der Waals surface area contributed by atoms with Gasteiger partial charge in [-0.25, -0.2) is 0 Å². The summed E-state index contributed by atoms with van der Waals surface area (Å²) < 4.78 is 0. The van der Waals surface area contributed by atoms with Crippen LogP contribution in [0.4, 0.5) is 0 Å². The monoisotopic (exact) mass is 268 g/mol. The van der Waals surface area contributed by atoms with Gasteiger partial charge in [0.25, 0.3) is 0 Å². The van der Waals surface area contributed by atoms with Gasteiger partial charge in [-0.1, -0.05) is 26.0 Å². The van der Waals surface area contributed by atoms with Crippen molar-refractivity contribution in [2.75, 3.05) is 5.75 Å². The Kier molecular flexibility index (Phi) is 6.76. The Labute approximate surface area is 114 Å². The van der Waals surface area contributed by atoms with Crippen molar-refractivity contribution in [1.29, 1.82) is 0 Å². The van der Waals surface area contributed by atoms with Crippen LogP contribution in [0, 0.1) is 0 Å². The molecule has 0 saturated carbocycles. The van der Waals surface area contributed by atoms with E-state index in [4.69, 9.17) is 0 Å². The van der Waals surface area contributed by atoms with Crippen LogP contribution in [0.15, 0.2) is 29.2 Å².